The lowest BCUT2D eigenvalue weighted by Gasteiger charge is -2.47. The lowest BCUT2D eigenvalue weighted by Crippen LogP contribution is -2.59. The van der Waals surface area contributed by atoms with Gasteiger partial charge in [-0.3, -0.25) is 4.90 Å². The lowest BCUT2D eigenvalue weighted by molar-refractivity contribution is -0.0812. The molecule has 0 radical (unpaired) electrons. The van der Waals surface area contributed by atoms with Gasteiger partial charge in [0, 0.05) is 25.2 Å². The summed E-state index contributed by atoms with van der Waals surface area (Å²) in [7, 11) is -3.19. The van der Waals surface area contributed by atoms with Crippen LogP contribution < -0.4 is 4.72 Å². The molecule has 0 saturated carbocycles. The normalized spacial score (nSPS) is 29.4. The molecule has 2 saturated heterocycles. The zero-order valence-electron chi connectivity index (χ0n) is 10.8. The van der Waals surface area contributed by atoms with Gasteiger partial charge < -0.3 is 4.74 Å². The van der Waals surface area contributed by atoms with E-state index in [-0.39, 0.29) is 17.1 Å². The molecule has 2 fully saturated rings. The van der Waals surface area contributed by atoms with Gasteiger partial charge in [0.1, 0.15) is 0 Å². The number of ether oxygens (including phenoxy) is 1. The van der Waals surface area contributed by atoms with Gasteiger partial charge >= 0.3 is 0 Å². The van der Waals surface area contributed by atoms with Gasteiger partial charge in [-0.2, -0.15) is 0 Å². The van der Waals surface area contributed by atoms with E-state index in [0.717, 1.165) is 25.9 Å². The summed E-state index contributed by atoms with van der Waals surface area (Å²) < 4.78 is 30.7. The standard InChI is InChI=1S/C11H22N2O3S/c1-10(2,3)13-6-4-11(5-7-13)8-12-17(14,15)9-16-11/h12H,4-9H2,1-3H3. The van der Waals surface area contributed by atoms with Crippen molar-refractivity contribution in [2.45, 2.75) is 44.8 Å². The van der Waals surface area contributed by atoms with Gasteiger partial charge in [0.25, 0.3) is 0 Å². The molecule has 0 bridgehead atoms. The highest BCUT2D eigenvalue weighted by molar-refractivity contribution is 7.89. The van der Waals surface area contributed by atoms with Crippen molar-refractivity contribution < 1.29 is 13.2 Å². The molecule has 0 aromatic carbocycles. The second-order valence-electron chi connectivity index (χ2n) is 6.04. The predicted octanol–water partition coefficient (Wildman–Crippen LogP) is 0.527. The van der Waals surface area contributed by atoms with Crippen molar-refractivity contribution in [1.82, 2.24) is 9.62 Å². The predicted molar refractivity (Wildman–Crippen MR) is 66.2 cm³/mol. The van der Waals surface area contributed by atoms with Crippen molar-refractivity contribution >= 4 is 10.0 Å². The molecule has 6 heteroatoms. The van der Waals surface area contributed by atoms with E-state index >= 15 is 0 Å². The average Bonchev–Trinajstić information content (AvgIpc) is 2.23. The van der Waals surface area contributed by atoms with Crippen LogP contribution in [-0.4, -0.2) is 50.0 Å². The molecule has 0 amide bonds. The first-order valence-electron chi connectivity index (χ1n) is 6.09. The molecule has 17 heavy (non-hydrogen) atoms. The molecule has 0 unspecified atom stereocenters. The molecular formula is C11H22N2O3S. The molecule has 5 nitrogen and oxygen atoms in total. The summed E-state index contributed by atoms with van der Waals surface area (Å²) >= 11 is 0. The van der Waals surface area contributed by atoms with Crippen LogP contribution in [0.25, 0.3) is 0 Å². The fourth-order valence-electron chi connectivity index (χ4n) is 2.44. The first-order valence-corrected chi connectivity index (χ1v) is 7.74. The van der Waals surface area contributed by atoms with E-state index in [4.69, 9.17) is 4.74 Å². The number of nitrogens with one attached hydrogen (secondary N) is 1. The smallest absolute Gasteiger partial charge is 0.235 e. The minimum Gasteiger partial charge on any atom is -0.356 e. The van der Waals surface area contributed by atoms with Crippen molar-refractivity contribution in [1.29, 1.82) is 0 Å². The number of sulfonamides is 1. The van der Waals surface area contributed by atoms with Crippen LogP contribution in [0.15, 0.2) is 0 Å². The van der Waals surface area contributed by atoms with E-state index in [2.05, 4.69) is 30.4 Å². The number of nitrogens with zero attached hydrogens (tertiary/aromatic N) is 1. The second-order valence-corrected chi connectivity index (χ2v) is 7.79. The van der Waals surface area contributed by atoms with E-state index in [9.17, 15) is 8.42 Å². The largest absolute Gasteiger partial charge is 0.356 e. The Balaban J connectivity index is 1.95. The molecule has 1 N–H and O–H groups in total. The maximum atomic E-state index is 11.3. The third kappa shape index (κ3) is 2.99. The highest BCUT2D eigenvalue weighted by atomic mass is 32.2. The minimum atomic E-state index is -3.19. The Morgan fingerprint density at radius 3 is 2.24 bits per heavy atom. The summed E-state index contributed by atoms with van der Waals surface area (Å²) in [6.07, 6.45) is 1.79. The number of likely N-dealkylation sites (tertiary alicyclic amines) is 1. The van der Waals surface area contributed by atoms with E-state index in [1.807, 2.05) is 0 Å². The van der Waals surface area contributed by atoms with E-state index in [1.165, 1.54) is 0 Å². The first-order chi connectivity index (χ1) is 7.73. The quantitative estimate of drug-likeness (QED) is 0.692. The van der Waals surface area contributed by atoms with Crippen molar-refractivity contribution in [2.75, 3.05) is 25.6 Å². The molecule has 2 aliphatic heterocycles. The van der Waals surface area contributed by atoms with E-state index in [0.29, 0.717) is 6.54 Å². The molecule has 0 aromatic heterocycles. The van der Waals surface area contributed by atoms with Crippen LogP contribution in [0.1, 0.15) is 33.6 Å². The Morgan fingerprint density at radius 1 is 1.24 bits per heavy atom. The summed E-state index contributed by atoms with van der Waals surface area (Å²) in [5.41, 5.74) is -0.0944. The van der Waals surface area contributed by atoms with Gasteiger partial charge in [-0.05, 0) is 33.6 Å². The molecule has 100 valence electrons. The Bertz CT molecular complexity index is 362. The lowest BCUT2D eigenvalue weighted by atomic mass is 9.88. The maximum absolute atomic E-state index is 11.3. The summed E-state index contributed by atoms with van der Waals surface area (Å²) in [5.74, 6) is -0.192. The third-order valence-electron chi connectivity index (χ3n) is 3.76. The number of rotatable bonds is 0. The molecule has 0 aliphatic carbocycles. The van der Waals surface area contributed by atoms with Crippen LogP contribution in [0.5, 0.6) is 0 Å². The van der Waals surface area contributed by atoms with Gasteiger partial charge in [-0.1, -0.05) is 0 Å². The summed E-state index contributed by atoms with van der Waals surface area (Å²) in [6, 6.07) is 0. The van der Waals surface area contributed by atoms with Gasteiger partial charge in [-0.25, -0.2) is 13.1 Å². The topological polar surface area (TPSA) is 58.6 Å². The molecule has 0 aromatic rings. The average molecular weight is 262 g/mol. The molecular weight excluding hydrogens is 240 g/mol. The maximum Gasteiger partial charge on any atom is 0.235 e. The van der Waals surface area contributed by atoms with E-state index in [1.54, 1.807) is 0 Å². The first kappa shape index (κ1) is 13.3. The third-order valence-corrected chi connectivity index (χ3v) is 4.77. The monoisotopic (exact) mass is 262 g/mol. The zero-order valence-corrected chi connectivity index (χ0v) is 11.6. The Labute approximate surface area is 104 Å². The Hall–Kier alpha value is -0.170. The van der Waals surface area contributed by atoms with Crippen LogP contribution in [0.2, 0.25) is 0 Å². The fraction of sp³-hybridized carbons (Fsp3) is 1.00. The summed E-state index contributed by atoms with van der Waals surface area (Å²) in [4.78, 5) is 2.42. The molecule has 2 rings (SSSR count). The summed E-state index contributed by atoms with van der Waals surface area (Å²) in [5, 5.41) is 0. The highest BCUT2D eigenvalue weighted by Crippen LogP contribution is 2.31. The van der Waals surface area contributed by atoms with Gasteiger partial charge in [0.2, 0.25) is 10.0 Å². The van der Waals surface area contributed by atoms with Crippen LogP contribution >= 0.6 is 0 Å². The molecule has 2 heterocycles. The Kier molecular flexibility index (Phi) is 3.27. The Morgan fingerprint density at radius 2 is 1.82 bits per heavy atom. The van der Waals surface area contributed by atoms with Crippen molar-refractivity contribution in [3.05, 3.63) is 0 Å². The van der Waals surface area contributed by atoms with Gasteiger partial charge in [0.15, 0.2) is 5.94 Å². The van der Waals surface area contributed by atoms with Crippen LogP contribution in [0, 0.1) is 0 Å². The fourth-order valence-corrected chi connectivity index (χ4v) is 3.41. The highest BCUT2D eigenvalue weighted by Gasteiger charge is 2.42. The number of hydrogen-bond acceptors (Lipinski definition) is 4. The SMILES string of the molecule is CC(C)(C)N1CCC2(CC1)CNS(=O)(=O)CO2. The zero-order chi connectivity index (χ0) is 12.7. The van der Waals surface area contributed by atoms with Crippen LogP contribution in [0.4, 0.5) is 0 Å². The van der Waals surface area contributed by atoms with Crippen LogP contribution in [0.3, 0.4) is 0 Å². The van der Waals surface area contributed by atoms with Gasteiger partial charge in [0.05, 0.1) is 5.60 Å². The second kappa shape index (κ2) is 4.19. The van der Waals surface area contributed by atoms with Crippen LogP contribution in [-0.2, 0) is 14.8 Å². The van der Waals surface area contributed by atoms with Gasteiger partial charge in [-0.15, -0.1) is 0 Å². The molecule has 1 spiro atoms. The van der Waals surface area contributed by atoms with Crippen molar-refractivity contribution in [2.24, 2.45) is 0 Å². The minimum absolute atomic E-state index is 0.176. The molecule has 0 atom stereocenters. The van der Waals surface area contributed by atoms with E-state index < -0.39 is 10.0 Å². The summed E-state index contributed by atoms with van der Waals surface area (Å²) in [6.45, 7) is 8.96. The van der Waals surface area contributed by atoms with Crippen molar-refractivity contribution in [3.63, 3.8) is 0 Å². The number of hydrogen-bond donors (Lipinski definition) is 1. The molecule has 2 aliphatic rings. The van der Waals surface area contributed by atoms with Crippen molar-refractivity contribution in [3.8, 4) is 0 Å². The number of piperidine rings is 1.